The zero-order chi connectivity index (χ0) is 19.4. The molecular weight excluding hydrogens is 392 g/mol. The molecular formula is C17H21ClN4O4S. The van der Waals surface area contributed by atoms with Crippen LogP contribution in [-0.2, 0) is 16.6 Å². The van der Waals surface area contributed by atoms with Gasteiger partial charge in [0.2, 0.25) is 10.0 Å². The van der Waals surface area contributed by atoms with E-state index in [0.29, 0.717) is 54.6 Å². The van der Waals surface area contributed by atoms with E-state index < -0.39 is 10.0 Å². The number of carbonyl (C=O) groups is 1. The number of amides is 1. The van der Waals surface area contributed by atoms with Crippen LogP contribution in [0.4, 0.5) is 0 Å². The molecule has 2 heterocycles. The second kappa shape index (κ2) is 8.28. The summed E-state index contributed by atoms with van der Waals surface area (Å²) in [4.78, 5) is 19.2. The maximum Gasteiger partial charge on any atom is 0.251 e. The van der Waals surface area contributed by atoms with Crippen LogP contribution in [0.25, 0.3) is 0 Å². The predicted molar refractivity (Wildman–Crippen MR) is 101 cm³/mol. The van der Waals surface area contributed by atoms with Gasteiger partial charge in [-0.3, -0.25) is 4.79 Å². The van der Waals surface area contributed by atoms with Crippen molar-refractivity contribution in [3.63, 3.8) is 0 Å². The molecule has 1 aromatic carbocycles. The molecule has 1 amide bonds. The fourth-order valence-electron chi connectivity index (χ4n) is 2.86. The lowest BCUT2D eigenvalue weighted by molar-refractivity contribution is 0.0950. The Kier molecular flexibility index (Phi) is 6.03. The van der Waals surface area contributed by atoms with Gasteiger partial charge in [-0.15, -0.1) is 0 Å². The first-order valence-electron chi connectivity index (χ1n) is 8.50. The Morgan fingerprint density at radius 2 is 2.15 bits per heavy atom. The minimum absolute atomic E-state index is 0.112. The number of sulfonamides is 1. The van der Waals surface area contributed by atoms with Gasteiger partial charge in [-0.05, 0) is 31.0 Å². The first-order valence-corrected chi connectivity index (χ1v) is 10.7. The van der Waals surface area contributed by atoms with Gasteiger partial charge in [-0.1, -0.05) is 11.6 Å². The molecule has 0 radical (unpaired) electrons. The average Bonchev–Trinajstić information content (AvgIpc) is 3.14. The number of aromatic nitrogens is 2. The molecule has 3 rings (SSSR count). The van der Waals surface area contributed by atoms with E-state index in [9.17, 15) is 13.2 Å². The molecule has 27 heavy (non-hydrogen) atoms. The van der Waals surface area contributed by atoms with Gasteiger partial charge in [0.05, 0.1) is 17.8 Å². The summed E-state index contributed by atoms with van der Waals surface area (Å²) in [5.74, 6) is 0.883. The lowest BCUT2D eigenvalue weighted by atomic mass is 10.1. The molecule has 0 saturated carbocycles. The lowest BCUT2D eigenvalue weighted by Gasteiger charge is -2.30. The Labute approximate surface area is 162 Å². The molecule has 1 aromatic heterocycles. The van der Waals surface area contributed by atoms with Gasteiger partial charge >= 0.3 is 0 Å². The number of halogens is 1. The van der Waals surface area contributed by atoms with Crippen LogP contribution in [0.3, 0.4) is 0 Å². The molecule has 1 saturated heterocycles. The third-order valence-electron chi connectivity index (χ3n) is 4.33. The van der Waals surface area contributed by atoms with Crippen molar-refractivity contribution >= 4 is 27.5 Å². The number of hydrogen-bond acceptors (Lipinski definition) is 5. The Hall–Kier alpha value is -2.10. The molecule has 146 valence electrons. The van der Waals surface area contributed by atoms with Crippen molar-refractivity contribution in [1.29, 1.82) is 0 Å². The zero-order valence-electron chi connectivity index (χ0n) is 14.8. The molecule has 1 aliphatic rings. The van der Waals surface area contributed by atoms with E-state index >= 15 is 0 Å². The van der Waals surface area contributed by atoms with Crippen molar-refractivity contribution < 1.29 is 17.9 Å². The minimum atomic E-state index is -3.17. The molecule has 0 atom stereocenters. The number of nitrogens with zero attached hydrogens (tertiary/aromatic N) is 2. The number of ether oxygens (including phenoxy) is 1. The van der Waals surface area contributed by atoms with Gasteiger partial charge in [0.25, 0.3) is 5.91 Å². The monoisotopic (exact) mass is 412 g/mol. The van der Waals surface area contributed by atoms with Crippen LogP contribution in [-0.4, -0.2) is 54.0 Å². The molecule has 0 bridgehead atoms. The molecule has 0 spiro atoms. The summed E-state index contributed by atoms with van der Waals surface area (Å²) in [6.45, 7) is 1.14. The average molecular weight is 413 g/mol. The van der Waals surface area contributed by atoms with Gasteiger partial charge in [0.15, 0.2) is 0 Å². The number of hydrogen-bond donors (Lipinski definition) is 2. The van der Waals surface area contributed by atoms with Crippen LogP contribution in [0.5, 0.6) is 5.75 Å². The number of carbonyl (C=O) groups excluding carboxylic acids is 1. The maximum atomic E-state index is 12.2. The summed E-state index contributed by atoms with van der Waals surface area (Å²) in [5, 5.41) is 3.09. The predicted octanol–water partition coefficient (Wildman–Crippen LogP) is 1.80. The number of H-pyrrole nitrogens is 1. The fraction of sp³-hybridized carbons (Fsp3) is 0.412. The molecule has 2 aromatic rings. The number of rotatable bonds is 6. The Balaban J connectivity index is 1.56. The standard InChI is InChI=1S/C17H21ClN4O4S/c1-27(24,25)22-8-4-13(5-9-22)26-15-3-2-12(10-14(15)18)17(23)21-11-16-19-6-7-20-16/h2-3,6-7,10,13H,4-5,8-9,11H2,1H3,(H,19,20)(H,21,23). The second-order valence-electron chi connectivity index (χ2n) is 6.34. The van der Waals surface area contributed by atoms with Crippen LogP contribution in [0.2, 0.25) is 5.02 Å². The van der Waals surface area contributed by atoms with Gasteiger partial charge in [0, 0.05) is 31.0 Å². The van der Waals surface area contributed by atoms with E-state index in [0.717, 1.165) is 0 Å². The maximum absolute atomic E-state index is 12.2. The largest absolute Gasteiger partial charge is 0.489 e. The summed E-state index contributed by atoms with van der Waals surface area (Å²) < 4.78 is 30.5. The Bertz CT molecular complexity index is 894. The smallest absolute Gasteiger partial charge is 0.251 e. The number of aromatic amines is 1. The normalized spacial score (nSPS) is 16.2. The minimum Gasteiger partial charge on any atom is -0.489 e. The van der Waals surface area contributed by atoms with Crippen molar-refractivity contribution in [2.24, 2.45) is 0 Å². The molecule has 0 aliphatic carbocycles. The SMILES string of the molecule is CS(=O)(=O)N1CCC(Oc2ccc(C(=O)NCc3ncc[nH]3)cc2Cl)CC1. The molecule has 0 unspecified atom stereocenters. The highest BCUT2D eigenvalue weighted by Crippen LogP contribution is 2.28. The lowest BCUT2D eigenvalue weighted by Crippen LogP contribution is -2.41. The summed E-state index contributed by atoms with van der Waals surface area (Å²) >= 11 is 6.26. The highest BCUT2D eigenvalue weighted by atomic mass is 35.5. The zero-order valence-corrected chi connectivity index (χ0v) is 16.4. The van der Waals surface area contributed by atoms with Crippen LogP contribution >= 0.6 is 11.6 Å². The van der Waals surface area contributed by atoms with Crippen molar-refractivity contribution in [3.8, 4) is 5.75 Å². The molecule has 8 nitrogen and oxygen atoms in total. The van der Waals surface area contributed by atoms with Crippen LogP contribution < -0.4 is 10.1 Å². The third-order valence-corrected chi connectivity index (χ3v) is 5.93. The first kappa shape index (κ1) is 19.7. The molecule has 1 aliphatic heterocycles. The highest BCUT2D eigenvalue weighted by Gasteiger charge is 2.26. The summed E-state index contributed by atoms with van der Waals surface area (Å²) in [6.07, 6.45) is 5.58. The van der Waals surface area contributed by atoms with Gasteiger partial charge < -0.3 is 15.0 Å². The van der Waals surface area contributed by atoms with E-state index in [1.807, 2.05) is 0 Å². The topological polar surface area (TPSA) is 104 Å². The number of piperidine rings is 1. The van der Waals surface area contributed by atoms with Crippen molar-refractivity contribution in [2.45, 2.75) is 25.5 Å². The Morgan fingerprint density at radius 3 is 2.74 bits per heavy atom. The molecule has 1 fully saturated rings. The van der Waals surface area contributed by atoms with Crippen molar-refractivity contribution in [3.05, 3.63) is 47.0 Å². The quantitative estimate of drug-likeness (QED) is 0.752. The fourth-order valence-corrected chi connectivity index (χ4v) is 3.96. The summed E-state index contributed by atoms with van der Waals surface area (Å²) in [6, 6.07) is 4.86. The summed E-state index contributed by atoms with van der Waals surface area (Å²) in [7, 11) is -3.17. The van der Waals surface area contributed by atoms with E-state index in [1.165, 1.54) is 10.6 Å². The van der Waals surface area contributed by atoms with Crippen LogP contribution in [0.1, 0.15) is 29.0 Å². The van der Waals surface area contributed by atoms with Gasteiger partial charge in [-0.2, -0.15) is 0 Å². The van der Waals surface area contributed by atoms with Crippen LogP contribution in [0, 0.1) is 0 Å². The van der Waals surface area contributed by atoms with E-state index in [-0.39, 0.29) is 12.0 Å². The van der Waals surface area contributed by atoms with E-state index in [4.69, 9.17) is 16.3 Å². The van der Waals surface area contributed by atoms with Gasteiger partial charge in [0.1, 0.15) is 17.7 Å². The highest BCUT2D eigenvalue weighted by molar-refractivity contribution is 7.88. The number of benzene rings is 1. The van der Waals surface area contributed by atoms with Crippen molar-refractivity contribution in [2.75, 3.05) is 19.3 Å². The van der Waals surface area contributed by atoms with E-state index in [2.05, 4.69) is 15.3 Å². The Morgan fingerprint density at radius 1 is 1.41 bits per heavy atom. The third kappa shape index (κ3) is 5.21. The molecule has 2 N–H and O–H groups in total. The summed E-state index contributed by atoms with van der Waals surface area (Å²) in [5.41, 5.74) is 0.422. The first-order chi connectivity index (χ1) is 12.8. The number of nitrogens with one attached hydrogen (secondary N) is 2. The second-order valence-corrected chi connectivity index (χ2v) is 8.73. The van der Waals surface area contributed by atoms with Gasteiger partial charge in [-0.25, -0.2) is 17.7 Å². The van der Waals surface area contributed by atoms with Crippen molar-refractivity contribution in [1.82, 2.24) is 19.6 Å². The van der Waals surface area contributed by atoms with E-state index in [1.54, 1.807) is 30.6 Å². The molecule has 10 heteroatoms. The van der Waals surface area contributed by atoms with Crippen LogP contribution in [0.15, 0.2) is 30.6 Å². The number of imidazole rings is 1.